The van der Waals surface area contributed by atoms with Crippen LogP contribution in [0.15, 0.2) is 45.2 Å². The lowest BCUT2D eigenvalue weighted by Crippen LogP contribution is -2.35. The number of benzene rings is 1. The molecule has 0 N–H and O–H groups in total. The van der Waals surface area contributed by atoms with Crippen LogP contribution in [0.25, 0.3) is 0 Å². The summed E-state index contributed by atoms with van der Waals surface area (Å²) in [6.45, 7) is 0.510. The highest BCUT2D eigenvalue weighted by molar-refractivity contribution is 6.18. The topological polar surface area (TPSA) is 46.8 Å². The number of halogens is 2. The molecule has 0 bridgehead atoms. The lowest BCUT2D eigenvalue weighted by atomic mass is 10.1. The van der Waals surface area contributed by atoms with Crippen LogP contribution < -0.4 is 9.80 Å². The predicted octanol–water partition coefficient (Wildman–Crippen LogP) is 3.06. The van der Waals surface area contributed by atoms with Crippen molar-refractivity contribution in [2.75, 3.05) is 22.5 Å². The molecule has 6 nitrogen and oxygen atoms in total. The summed E-state index contributed by atoms with van der Waals surface area (Å²) in [5.74, 6) is 2.08. The molecule has 0 saturated heterocycles. The SMILES string of the molecule is ClCc1ccc2c(c1)N1C=NN(CCl)C1=C1N=NCN12. The van der Waals surface area contributed by atoms with Crippen molar-refractivity contribution in [1.82, 2.24) is 5.01 Å². The van der Waals surface area contributed by atoms with Gasteiger partial charge in [0.25, 0.3) is 0 Å². The zero-order chi connectivity index (χ0) is 13.7. The largest absolute Gasteiger partial charge is 0.298 e. The Morgan fingerprint density at radius 1 is 1.20 bits per heavy atom. The van der Waals surface area contributed by atoms with Gasteiger partial charge in [0.2, 0.25) is 5.82 Å². The van der Waals surface area contributed by atoms with E-state index in [1.54, 1.807) is 11.3 Å². The molecule has 3 aliphatic heterocycles. The number of hydrazone groups is 1. The first-order valence-corrected chi connectivity index (χ1v) is 7.15. The Morgan fingerprint density at radius 3 is 2.90 bits per heavy atom. The molecule has 102 valence electrons. The van der Waals surface area contributed by atoms with Gasteiger partial charge in [-0.05, 0) is 17.7 Å². The summed E-state index contributed by atoms with van der Waals surface area (Å²) in [5, 5.41) is 14.3. The van der Waals surface area contributed by atoms with Gasteiger partial charge in [-0.1, -0.05) is 6.07 Å². The van der Waals surface area contributed by atoms with Crippen molar-refractivity contribution >= 4 is 40.9 Å². The Kier molecular flexibility index (Phi) is 2.61. The Hall–Kier alpha value is -1.79. The zero-order valence-corrected chi connectivity index (χ0v) is 11.9. The summed E-state index contributed by atoms with van der Waals surface area (Å²) < 4.78 is 0. The van der Waals surface area contributed by atoms with E-state index in [0.717, 1.165) is 28.6 Å². The van der Waals surface area contributed by atoms with Crippen LogP contribution >= 0.6 is 23.2 Å². The van der Waals surface area contributed by atoms with E-state index in [1.165, 1.54) is 0 Å². The molecule has 8 heteroatoms. The third-order valence-corrected chi connectivity index (χ3v) is 4.00. The van der Waals surface area contributed by atoms with Crippen molar-refractivity contribution < 1.29 is 0 Å². The molecule has 0 saturated carbocycles. The first-order chi connectivity index (χ1) is 9.83. The van der Waals surface area contributed by atoms with Gasteiger partial charge in [-0.3, -0.25) is 9.80 Å². The second kappa shape index (κ2) is 4.36. The zero-order valence-electron chi connectivity index (χ0n) is 10.4. The molecule has 0 aromatic heterocycles. The maximum absolute atomic E-state index is 5.94. The fourth-order valence-corrected chi connectivity index (χ4v) is 2.89. The van der Waals surface area contributed by atoms with Crippen LogP contribution in [0.5, 0.6) is 0 Å². The van der Waals surface area contributed by atoms with Gasteiger partial charge in [-0.2, -0.15) is 10.2 Å². The van der Waals surface area contributed by atoms with Crippen molar-refractivity contribution in [2.45, 2.75) is 5.88 Å². The average Bonchev–Trinajstić information content (AvgIpc) is 3.12. The van der Waals surface area contributed by atoms with Gasteiger partial charge in [0.1, 0.15) is 19.0 Å². The fourth-order valence-electron chi connectivity index (χ4n) is 2.55. The lowest BCUT2D eigenvalue weighted by Gasteiger charge is -2.33. The molecular weight excluding hydrogens is 299 g/mol. The molecular formula is C12H10Cl2N6. The number of azo groups is 1. The van der Waals surface area contributed by atoms with Crippen LogP contribution in [0.1, 0.15) is 5.56 Å². The quantitative estimate of drug-likeness (QED) is 0.623. The number of hydrogen-bond donors (Lipinski definition) is 0. The van der Waals surface area contributed by atoms with Crippen LogP contribution in [-0.2, 0) is 5.88 Å². The molecule has 3 heterocycles. The molecule has 1 aromatic rings. The molecule has 0 radical (unpaired) electrons. The molecule has 3 aliphatic rings. The van der Waals surface area contributed by atoms with Gasteiger partial charge in [0.15, 0.2) is 5.82 Å². The van der Waals surface area contributed by atoms with Crippen LogP contribution in [0.4, 0.5) is 11.4 Å². The summed E-state index contributed by atoms with van der Waals surface area (Å²) >= 11 is 11.9. The summed E-state index contributed by atoms with van der Waals surface area (Å²) in [7, 11) is 0. The standard InChI is InChI=1S/C12H10Cl2N6/c13-4-8-1-2-9-10(3-8)19-7-16-20(5-14)12(19)11-17-15-6-18(9)11/h1-3,7H,4-6H2. The highest BCUT2D eigenvalue weighted by Crippen LogP contribution is 2.44. The number of hydrogen-bond acceptors (Lipinski definition) is 6. The molecule has 1 aromatic carbocycles. The molecule has 0 amide bonds. The highest BCUT2D eigenvalue weighted by atomic mass is 35.5. The normalized spacial score (nSPS) is 18.8. The molecule has 20 heavy (non-hydrogen) atoms. The summed E-state index contributed by atoms with van der Waals surface area (Å²) in [5.41, 5.74) is 3.12. The summed E-state index contributed by atoms with van der Waals surface area (Å²) in [6.07, 6.45) is 1.74. The van der Waals surface area contributed by atoms with Gasteiger partial charge in [-0.25, -0.2) is 5.01 Å². The fraction of sp³-hybridized carbons (Fsp3) is 0.250. The van der Waals surface area contributed by atoms with E-state index in [4.69, 9.17) is 23.2 Å². The first kappa shape index (κ1) is 12.0. The van der Waals surface area contributed by atoms with Crippen molar-refractivity contribution in [3.63, 3.8) is 0 Å². The smallest absolute Gasteiger partial charge is 0.200 e. The molecule has 0 aliphatic carbocycles. The van der Waals surface area contributed by atoms with Crippen LogP contribution in [-0.4, -0.2) is 24.0 Å². The van der Waals surface area contributed by atoms with E-state index < -0.39 is 0 Å². The number of rotatable bonds is 2. The molecule has 0 spiro atoms. The van der Waals surface area contributed by atoms with Crippen molar-refractivity contribution in [3.05, 3.63) is 35.4 Å². The predicted molar refractivity (Wildman–Crippen MR) is 78.8 cm³/mol. The Bertz CT molecular complexity index is 668. The monoisotopic (exact) mass is 308 g/mol. The Labute approximate surface area is 125 Å². The van der Waals surface area contributed by atoms with E-state index in [2.05, 4.69) is 21.4 Å². The van der Waals surface area contributed by atoms with Gasteiger partial charge in [0.05, 0.1) is 11.4 Å². The molecule has 0 fully saturated rings. The summed E-state index contributed by atoms with van der Waals surface area (Å²) in [6, 6.07) is 6.37. The van der Waals surface area contributed by atoms with Crippen LogP contribution in [0.2, 0.25) is 0 Å². The second-order valence-electron chi connectivity index (χ2n) is 4.53. The van der Waals surface area contributed by atoms with Crippen LogP contribution in [0, 0.1) is 0 Å². The maximum atomic E-state index is 5.94. The Balaban J connectivity index is 1.92. The van der Waals surface area contributed by atoms with E-state index >= 15 is 0 Å². The Morgan fingerprint density at radius 2 is 2.10 bits per heavy atom. The van der Waals surface area contributed by atoms with Gasteiger partial charge >= 0.3 is 0 Å². The van der Waals surface area contributed by atoms with E-state index in [0.29, 0.717) is 12.5 Å². The average molecular weight is 309 g/mol. The lowest BCUT2D eigenvalue weighted by molar-refractivity contribution is 0.434. The maximum Gasteiger partial charge on any atom is 0.200 e. The van der Waals surface area contributed by atoms with Crippen molar-refractivity contribution in [3.8, 4) is 0 Å². The minimum atomic E-state index is 0.264. The molecule has 4 rings (SSSR count). The number of fused-ring (bicyclic) bond motifs is 5. The van der Waals surface area contributed by atoms with Gasteiger partial charge < -0.3 is 0 Å². The number of nitrogens with zero attached hydrogens (tertiary/aromatic N) is 6. The van der Waals surface area contributed by atoms with Gasteiger partial charge in [-0.15, -0.1) is 28.3 Å². The molecule has 0 unspecified atom stereocenters. The first-order valence-electron chi connectivity index (χ1n) is 6.08. The van der Waals surface area contributed by atoms with E-state index in [-0.39, 0.29) is 6.00 Å². The number of alkyl halides is 2. The van der Waals surface area contributed by atoms with E-state index in [1.807, 2.05) is 21.9 Å². The van der Waals surface area contributed by atoms with E-state index in [9.17, 15) is 0 Å². The summed E-state index contributed by atoms with van der Waals surface area (Å²) in [4.78, 5) is 4.03. The van der Waals surface area contributed by atoms with Crippen molar-refractivity contribution in [2.24, 2.45) is 15.3 Å². The van der Waals surface area contributed by atoms with Crippen LogP contribution in [0.3, 0.4) is 0 Å². The second-order valence-corrected chi connectivity index (χ2v) is 5.04. The van der Waals surface area contributed by atoms with Gasteiger partial charge in [0, 0.05) is 5.88 Å². The minimum Gasteiger partial charge on any atom is -0.298 e. The minimum absolute atomic E-state index is 0.264. The highest BCUT2D eigenvalue weighted by Gasteiger charge is 2.38. The molecule has 0 atom stereocenters. The number of anilines is 2. The third-order valence-electron chi connectivity index (χ3n) is 3.46. The third kappa shape index (κ3) is 1.49. The van der Waals surface area contributed by atoms with Crippen molar-refractivity contribution in [1.29, 1.82) is 0 Å².